The van der Waals surface area contributed by atoms with Gasteiger partial charge in [-0.2, -0.15) is 5.10 Å². The molecule has 0 radical (unpaired) electrons. The molecule has 1 aromatic heterocycles. The fourth-order valence-electron chi connectivity index (χ4n) is 2.93. The van der Waals surface area contributed by atoms with Crippen LogP contribution in [0.5, 0.6) is 5.75 Å². The van der Waals surface area contributed by atoms with Gasteiger partial charge in [-0.25, -0.2) is 0 Å². The van der Waals surface area contributed by atoms with Crippen molar-refractivity contribution in [1.29, 1.82) is 0 Å². The van der Waals surface area contributed by atoms with Gasteiger partial charge in [-0.1, -0.05) is 42.5 Å². The van der Waals surface area contributed by atoms with Crippen molar-refractivity contribution in [2.45, 2.75) is 25.9 Å². The van der Waals surface area contributed by atoms with Crippen molar-refractivity contribution in [3.63, 3.8) is 0 Å². The Balaban J connectivity index is 1.91. The van der Waals surface area contributed by atoms with Crippen LogP contribution >= 0.6 is 0 Å². The molecular weight excluding hydrogens is 352 g/mol. The molecule has 146 valence electrons. The van der Waals surface area contributed by atoms with Crippen LogP contribution in [-0.4, -0.2) is 35.4 Å². The van der Waals surface area contributed by atoms with Gasteiger partial charge in [-0.15, -0.1) is 0 Å². The summed E-state index contributed by atoms with van der Waals surface area (Å²) in [7, 11) is 1.62. The highest BCUT2D eigenvalue weighted by Gasteiger charge is 2.18. The van der Waals surface area contributed by atoms with Crippen molar-refractivity contribution < 1.29 is 9.53 Å². The number of nitrogens with one attached hydrogen (secondary N) is 1. The summed E-state index contributed by atoms with van der Waals surface area (Å²) in [5.74, 6) is 0.566. The highest BCUT2D eigenvalue weighted by Crippen LogP contribution is 2.26. The van der Waals surface area contributed by atoms with Crippen LogP contribution in [0.3, 0.4) is 0 Å². The highest BCUT2D eigenvalue weighted by molar-refractivity contribution is 5.99. The molecule has 0 aliphatic carbocycles. The molecule has 3 rings (SSSR count). The molecule has 0 aliphatic rings. The second kappa shape index (κ2) is 9.19. The van der Waals surface area contributed by atoms with Crippen LogP contribution in [0.4, 0.5) is 0 Å². The number of methoxy groups -OCH3 is 1. The molecule has 1 heterocycles. The maximum atomic E-state index is 12.8. The first-order valence-electron chi connectivity index (χ1n) is 9.36. The first kappa shape index (κ1) is 19.6. The third kappa shape index (κ3) is 4.98. The Labute approximate surface area is 165 Å². The largest absolute Gasteiger partial charge is 0.497 e. The van der Waals surface area contributed by atoms with Gasteiger partial charge in [-0.3, -0.25) is 9.48 Å². The van der Waals surface area contributed by atoms with E-state index in [9.17, 15) is 4.79 Å². The molecule has 0 bridgehead atoms. The van der Waals surface area contributed by atoms with Gasteiger partial charge in [0.2, 0.25) is 0 Å². The molecule has 1 unspecified atom stereocenters. The molecule has 0 aliphatic heterocycles. The van der Waals surface area contributed by atoms with E-state index in [2.05, 4.69) is 5.32 Å². The molecule has 6 nitrogen and oxygen atoms in total. The minimum Gasteiger partial charge on any atom is -0.497 e. The topological polar surface area (TPSA) is 82.2 Å². The minimum absolute atomic E-state index is 0.0407. The number of hydrogen-bond donors (Lipinski definition) is 2. The number of rotatable bonds is 8. The summed E-state index contributed by atoms with van der Waals surface area (Å²) in [6.07, 6.45) is 2.52. The van der Waals surface area contributed by atoms with Gasteiger partial charge in [0.25, 0.3) is 5.91 Å². The highest BCUT2D eigenvalue weighted by atomic mass is 16.5. The van der Waals surface area contributed by atoms with E-state index in [1.807, 2.05) is 61.5 Å². The van der Waals surface area contributed by atoms with Gasteiger partial charge in [-0.05, 0) is 31.0 Å². The Morgan fingerprint density at radius 3 is 2.71 bits per heavy atom. The number of benzene rings is 2. The van der Waals surface area contributed by atoms with E-state index < -0.39 is 0 Å². The van der Waals surface area contributed by atoms with Gasteiger partial charge >= 0.3 is 0 Å². The van der Waals surface area contributed by atoms with Crippen molar-refractivity contribution in [1.82, 2.24) is 15.1 Å². The first-order chi connectivity index (χ1) is 13.6. The SMILES string of the molecule is COc1cccc(-c2nn(Cc3ccccc3)cc2C(=O)NCCC(C)N)c1. The maximum Gasteiger partial charge on any atom is 0.255 e. The molecule has 28 heavy (non-hydrogen) atoms. The minimum atomic E-state index is -0.155. The summed E-state index contributed by atoms with van der Waals surface area (Å²) < 4.78 is 7.12. The lowest BCUT2D eigenvalue weighted by Gasteiger charge is -2.08. The molecule has 0 spiro atoms. The van der Waals surface area contributed by atoms with Gasteiger partial charge < -0.3 is 15.8 Å². The number of amides is 1. The number of ether oxygens (including phenoxy) is 1. The number of nitrogens with two attached hydrogens (primary N) is 1. The van der Waals surface area contributed by atoms with E-state index in [0.29, 0.717) is 24.3 Å². The lowest BCUT2D eigenvalue weighted by Crippen LogP contribution is -2.29. The zero-order chi connectivity index (χ0) is 19.9. The van der Waals surface area contributed by atoms with E-state index in [0.717, 1.165) is 23.3 Å². The predicted octanol–water partition coefficient (Wildman–Crippen LogP) is 3.07. The van der Waals surface area contributed by atoms with Crippen LogP contribution in [-0.2, 0) is 6.54 Å². The summed E-state index contributed by atoms with van der Waals surface area (Å²) in [6, 6.07) is 17.6. The van der Waals surface area contributed by atoms with Gasteiger partial charge in [0.05, 0.1) is 19.2 Å². The Morgan fingerprint density at radius 2 is 2.00 bits per heavy atom. The zero-order valence-electron chi connectivity index (χ0n) is 16.3. The van der Waals surface area contributed by atoms with Crippen molar-refractivity contribution in [2.24, 2.45) is 5.73 Å². The van der Waals surface area contributed by atoms with Gasteiger partial charge in [0, 0.05) is 24.3 Å². The molecule has 1 atom stereocenters. The molecule has 3 aromatic rings. The van der Waals surface area contributed by atoms with Crippen LogP contribution in [0.1, 0.15) is 29.3 Å². The predicted molar refractivity (Wildman–Crippen MR) is 110 cm³/mol. The molecule has 0 fully saturated rings. The summed E-state index contributed by atoms with van der Waals surface area (Å²) in [5, 5.41) is 7.63. The Kier molecular flexibility index (Phi) is 6.45. The molecular formula is C22H26N4O2. The van der Waals surface area contributed by atoms with E-state index in [1.165, 1.54) is 0 Å². The number of nitrogens with zero attached hydrogens (tertiary/aromatic N) is 2. The van der Waals surface area contributed by atoms with E-state index in [4.69, 9.17) is 15.6 Å². The van der Waals surface area contributed by atoms with Crippen LogP contribution in [0.15, 0.2) is 60.8 Å². The van der Waals surface area contributed by atoms with Gasteiger partial charge in [0.1, 0.15) is 11.4 Å². The second-order valence-corrected chi connectivity index (χ2v) is 6.83. The Bertz CT molecular complexity index is 919. The van der Waals surface area contributed by atoms with E-state index in [-0.39, 0.29) is 11.9 Å². The standard InChI is InChI=1S/C22H26N4O2/c1-16(23)11-12-24-22(27)20-15-26(14-17-7-4-3-5-8-17)25-21(20)18-9-6-10-19(13-18)28-2/h3-10,13,15-16H,11-12,14,23H2,1-2H3,(H,24,27). The average Bonchev–Trinajstić information content (AvgIpc) is 3.12. The van der Waals surface area contributed by atoms with Crippen molar-refractivity contribution in [2.75, 3.05) is 13.7 Å². The van der Waals surface area contributed by atoms with Crippen LogP contribution in [0.25, 0.3) is 11.3 Å². The average molecular weight is 378 g/mol. The summed E-state index contributed by atoms with van der Waals surface area (Å²) in [4.78, 5) is 12.8. The normalized spacial score (nSPS) is 11.8. The molecule has 0 saturated heterocycles. The molecule has 3 N–H and O–H groups in total. The fraction of sp³-hybridized carbons (Fsp3) is 0.273. The van der Waals surface area contributed by atoms with Gasteiger partial charge in [0.15, 0.2) is 0 Å². The quantitative estimate of drug-likeness (QED) is 0.631. The molecule has 0 saturated carbocycles. The van der Waals surface area contributed by atoms with Crippen molar-refractivity contribution >= 4 is 5.91 Å². The van der Waals surface area contributed by atoms with Crippen LogP contribution in [0, 0.1) is 0 Å². The van der Waals surface area contributed by atoms with Crippen molar-refractivity contribution in [3.8, 4) is 17.0 Å². The lowest BCUT2D eigenvalue weighted by atomic mass is 10.1. The van der Waals surface area contributed by atoms with Crippen molar-refractivity contribution in [3.05, 3.63) is 71.9 Å². The second-order valence-electron chi connectivity index (χ2n) is 6.83. The zero-order valence-corrected chi connectivity index (χ0v) is 16.3. The smallest absolute Gasteiger partial charge is 0.255 e. The Hall–Kier alpha value is -3.12. The van der Waals surface area contributed by atoms with Crippen LogP contribution < -0.4 is 15.8 Å². The number of aromatic nitrogens is 2. The molecule has 1 amide bonds. The first-order valence-corrected chi connectivity index (χ1v) is 9.36. The maximum absolute atomic E-state index is 12.8. The number of carbonyl (C=O) groups excluding carboxylic acids is 1. The van der Waals surface area contributed by atoms with Crippen LogP contribution in [0.2, 0.25) is 0 Å². The number of hydrogen-bond acceptors (Lipinski definition) is 4. The monoisotopic (exact) mass is 378 g/mol. The molecule has 2 aromatic carbocycles. The fourth-order valence-corrected chi connectivity index (χ4v) is 2.93. The Morgan fingerprint density at radius 1 is 1.21 bits per heavy atom. The third-order valence-corrected chi connectivity index (χ3v) is 4.42. The molecule has 6 heteroatoms. The summed E-state index contributed by atoms with van der Waals surface area (Å²) >= 11 is 0. The summed E-state index contributed by atoms with van der Waals surface area (Å²) in [6.45, 7) is 3.04. The lowest BCUT2D eigenvalue weighted by molar-refractivity contribution is 0.0953. The van der Waals surface area contributed by atoms with E-state index >= 15 is 0 Å². The number of carbonyl (C=O) groups is 1. The van der Waals surface area contributed by atoms with E-state index in [1.54, 1.807) is 18.0 Å². The summed E-state index contributed by atoms with van der Waals surface area (Å²) in [5.41, 5.74) is 8.90. The third-order valence-electron chi connectivity index (χ3n) is 4.42.